The Morgan fingerprint density at radius 1 is 0.734 bits per heavy atom. The largest absolute Gasteiger partial charge is 0.507 e. The summed E-state index contributed by atoms with van der Waals surface area (Å²) in [6, 6.07) is 42.4. The smallest absolute Gasteiger partial charge is 0.338 e. The van der Waals surface area contributed by atoms with Crippen LogP contribution in [0.2, 0.25) is 0 Å². The number of rotatable bonds is 14. The van der Waals surface area contributed by atoms with Crippen molar-refractivity contribution in [1.82, 2.24) is 4.57 Å². The summed E-state index contributed by atoms with van der Waals surface area (Å²) >= 11 is 0. The molecule has 7 rings (SSSR count). The van der Waals surface area contributed by atoms with E-state index in [4.69, 9.17) is 4.74 Å². The fourth-order valence-electron chi connectivity index (χ4n) is 8.80. The number of esters is 1. The molecule has 1 aromatic heterocycles. The first-order chi connectivity index (χ1) is 30.7. The summed E-state index contributed by atoms with van der Waals surface area (Å²) < 4.78 is 10.6. The van der Waals surface area contributed by atoms with Gasteiger partial charge in [-0.2, -0.15) is 0 Å². The van der Waals surface area contributed by atoms with Gasteiger partial charge in [-0.25, -0.2) is 9.37 Å². The van der Waals surface area contributed by atoms with E-state index in [1.807, 2.05) is 41.5 Å². The number of aliphatic hydroxyl groups is 1. The zero-order chi connectivity index (χ0) is 45.6. The second kappa shape index (κ2) is 19.5. The van der Waals surface area contributed by atoms with E-state index in [1.165, 1.54) is 16.5 Å². The predicted octanol–water partition coefficient (Wildman–Crippen LogP) is 11.7. The Bertz CT molecular complexity index is 2670. The van der Waals surface area contributed by atoms with Crippen LogP contribution in [-0.4, -0.2) is 70.4 Å². The van der Waals surface area contributed by atoms with Crippen LogP contribution in [0.4, 0.5) is 5.69 Å². The highest BCUT2D eigenvalue weighted by atomic mass is 16.5. The molecule has 6 aromatic rings. The van der Waals surface area contributed by atoms with E-state index in [0.29, 0.717) is 25.2 Å². The number of hydrogen-bond donors (Lipinski definition) is 2. The van der Waals surface area contributed by atoms with Crippen molar-refractivity contribution in [3.05, 3.63) is 185 Å². The van der Waals surface area contributed by atoms with E-state index in [-0.39, 0.29) is 29.8 Å². The molecule has 0 radical (unpaired) electrons. The van der Waals surface area contributed by atoms with Crippen LogP contribution in [0.1, 0.15) is 93.6 Å². The highest BCUT2D eigenvalue weighted by Crippen LogP contribution is 2.44. The zero-order valence-corrected chi connectivity index (χ0v) is 38.9. The number of carbonyl (C=O) groups excluding carboxylic acids is 1. The molecule has 0 saturated heterocycles. The van der Waals surface area contributed by atoms with Crippen LogP contribution >= 0.6 is 0 Å². The van der Waals surface area contributed by atoms with Crippen molar-refractivity contribution in [1.29, 1.82) is 0 Å². The summed E-state index contributed by atoms with van der Waals surface area (Å²) in [6.07, 6.45) is 8.76. The fourth-order valence-corrected chi connectivity index (χ4v) is 8.80. The summed E-state index contributed by atoms with van der Waals surface area (Å²) in [6.45, 7) is 20.1. The van der Waals surface area contributed by atoms with E-state index in [0.717, 1.165) is 69.1 Å². The molecule has 7 nitrogen and oxygen atoms in total. The number of fused-ring (bicyclic) bond motifs is 1. The van der Waals surface area contributed by atoms with E-state index < -0.39 is 5.97 Å². The van der Waals surface area contributed by atoms with Crippen molar-refractivity contribution in [2.75, 3.05) is 44.3 Å². The lowest BCUT2D eigenvalue weighted by Crippen LogP contribution is -2.28. The van der Waals surface area contributed by atoms with Crippen LogP contribution in [-0.2, 0) is 22.1 Å². The van der Waals surface area contributed by atoms with Crippen molar-refractivity contribution in [3.63, 3.8) is 0 Å². The van der Waals surface area contributed by atoms with Gasteiger partial charge in [0.05, 0.1) is 17.8 Å². The molecule has 0 amide bonds. The van der Waals surface area contributed by atoms with E-state index >= 15 is 0 Å². The standard InChI is InChI=1S/C57H63N3O4/c1-9-58(33-35-61)45-29-25-41(26-30-45)51(52-47-23-17-18-24-50(47)60(39-40-19-13-11-14-20-40)53(52)43-21-15-12-16-22-43)42-27-31-46(32-28-42)59(10-2)34-36-64-55(63)44-37-48(56(3,4)5)54(62)49(38-44)57(6,7)8/h11-32,37-38,61H,9-10,33-36,39H2,1-8H3/p+1. The minimum atomic E-state index is -0.397. The van der Waals surface area contributed by atoms with Gasteiger partial charge >= 0.3 is 5.97 Å². The second-order valence-electron chi connectivity index (χ2n) is 18.6. The fraction of sp³-hybridized carbons (Fsp3) is 0.298. The van der Waals surface area contributed by atoms with Crippen LogP contribution in [0, 0.1) is 0 Å². The number of phenolic OH excluding ortho intramolecular Hbond substituents is 1. The Balaban J connectivity index is 1.28. The molecule has 330 valence electrons. The van der Waals surface area contributed by atoms with Crippen LogP contribution < -0.4 is 4.90 Å². The monoisotopic (exact) mass is 854 g/mol. The maximum atomic E-state index is 13.6. The first kappa shape index (κ1) is 45.6. The molecule has 1 aliphatic carbocycles. The number of aromatic nitrogens is 1. The molecule has 0 spiro atoms. The van der Waals surface area contributed by atoms with Crippen molar-refractivity contribution in [3.8, 4) is 17.0 Å². The zero-order valence-electron chi connectivity index (χ0n) is 38.9. The van der Waals surface area contributed by atoms with Gasteiger partial charge in [-0.3, -0.25) is 0 Å². The lowest BCUT2D eigenvalue weighted by molar-refractivity contribution is -0.525. The molecule has 5 aromatic carbocycles. The SMILES string of the molecule is CCN(CCOC(=O)c1cc(C(C)(C)C)c(O)c(C(C)(C)C)c1)c1ccc(C(=C2C=CC(=[N+](CC)CCO)C=C2)c2c(-c3ccccc3)n(Cc3ccccc3)c3ccccc23)cc1. The van der Waals surface area contributed by atoms with Gasteiger partial charge in [0, 0.05) is 58.5 Å². The Labute approximate surface area is 380 Å². The third-order valence-electron chi connectivity index (χ3n) is 12.2. The van der Waals surface area contributed by atoms with Crippen LogP contribution in [0.25, 0.3) is 27.7 Å². The number of aromatic hydroxyl groups is 1. The van der Waals surface area contributed by atoms with Gasteiger partial charge in [-0.05, 0) is 95.0 Å². The molecule has 0 bridgehead atoms. The predicted molar refractivity (Wildman–Crippen MR) is 265 cm³/mol. The number of nitrogens with zero attached hydrogens (tertiary/aromatic N) is 3. The second-order valence-corrected chi connectivity index (χ2v) is 18.6. The van der Waals surface area contributed by atoms with E-state index in [9.17, 15) is 15.0 Å². The number of hydrogen-bond acceptors (Lipinski definition) is 5. The summed E-state index contributed by atoms with van der Waals surface area (Å²) in [5, 5.41) is 22.2. The van der Waals surface area contributed by atoms with E-state index in [1.54, 1.807) is 12.1 Å². The van der Waals surface area contributed by atoms with Crippen LogP contribution in [0.3, 0.4) is 0 Å². The molecule has 7 heteroatoms. The summed E-state index contributed by atoms with van der Waals surface area (Å²) in [7, 11) is 0. The molecular weight excluding hydrogens is 791 g/mol. The number of phenols is 1. The van der Waals surface area contributed by atoms with Crippen molar-refractivity contribution in [2.24, 2.45) is 0 Å². The van der Waals surface area contributed by atoms with Gasteiger partial charge in [-0.1, -0.05) is 133 Å². The third kappa shape index (κ3) is 9.85. The molecule has 1 aliphatic rings. The molecule has 0 atom stereocenters. The number of benzene rings is 5. The van der Waals surface area contributed by atoms with Crippen LogP contribution in [0.15, 0.2) is 151 Å². The minimum Gasteiger partial charge on any atom is -0.507 e. The van der Waals surface area contributed by atoms with E-state index in [2.05, 4.69) is 161 Å². The van der Waals surface area contributed by atoms with Gasteiger partial charge in [0.25, 0.3) is 0 Å². The van der Waals surface area contributed by atoms with Gasteiger partial charge in [-0.15, -0.1) is 0 Å². The summed E-state index contributed by atoms with van der Waals surface area (Å²) in [4.78, 5) is 15.8. The maximum absolute atomic E-state index is 13.6. The molecule has 2 N–H and O–H groups in total. The lowest BCUT2D eigenvalue weighted by Gasteiger charge is -2.28. The van der Waals surface area contributed by atoms with Crippen molar-refractivity contribution >= 4 is 33.8 Å². The van der Waals surface area contributed by atoms with Gasteiger partial charge in [0.2, 0.25) is 0 Å². The summed E-state index contributed by atoms with van der Waals surface area (Å²) in [5.74, 6) is -0.156. The quantitative estimate of drug-likeness (QED) is 0.0843. The highest BCUT2D eigenvalue weighted by molar-refractivity contribution is 6.08. The Hall–Kier alpha value is -6.44. The average molecular weight is 855 g/mol. The number of allylic oxidation sites excluding steroid dienone is 5. The molecule has 1 heterocycles. The molecule has 64 heavy (non-hydrogen) atoms. The number of ether oxygens (including phenoxy) is 1. The first-order valence-electron chi connectivity index (χ1n) is 22.7. The lowest BCUT2D eigenvalue weighted by atomic mass is 9.78. The number of anilines is 1. The third-order valence-corrected chi connectivity index (χ3v) is 12.2. The van der Waals surface area contributed by atoms with Crippen molar-refractivity contribution in [2.45, 2.75) is 72.8 Å². The number of aliphatic hydroxyl groups excluding tert-OH is 1. The van der Waals surface area contributed by atoms with Gasteiger partial charge in [0.15, 0.2) is 12.3 Å². The summed E-state index contributed by atoms with van der Waals surface area (Å²) in [5.41, 5.74) is 12.4. The number of likely N-dealkylation sites (N-methyl/N-ethyl adjacent to an activating group) is 2. The number of carbonyl (C=O) groups is 1. The Kier molecular flexibility index (Phi) is 13.9. The Morgan fingerprint density at radius 2 is 1.33 bits per heavy atom. The minimum absolute atomic E-state index is 0.0902. The first-order valence-corrected chi connectivity index (χ1v) is 22.7. The van der Waals surface area contributed by atoms with Crippen LogP contribution in [0.5, 0.6) is 5.75 Å². The Morgan fingerprint density at radius 3 is 1.91 bits per heavy atom. The molecule has 0 unspecified atom stereocenters. The molecule has 0 fully saturated rings. The average Bonchev–Trinajstić information content (AvgIpc) is 3.60. The topological polar surface area (TPSA) is 77.9 Å². The van der Waals surface area contributed by atoms with Gasteiger partial charge < -0.3 is 24.4 Å². The highest BCUT2D eigenvalue weighted by Gasteiger charge is 2.29. The maximum Gasteiger partial charge on any atom is 0.338 e. The molecular formula is C57H64N3O4+. The van der Waals surface area contributed by atoms with Gasteiger partial charge in [0.1, 0.15) is 25.5 Å². The molecule has 0 saturated carbocycles. The molecule has 0 aliphatic heterocycles. The van der Waals surface area contributed by atoms with Crippen molar-refractivity contribution < 1.29 is 24.3 Å². The normalized spacial score (nSPS) is 12.8. The number of para-hydroxylation sites is 1.